The molecule has 0 unspecified atom stereocenters. The van der Waals surface area contributed by atoms with Crippen molar-refractivity contribution >= 4 is 46.3 Å². The number of amides is 1. The zero-order valence-corrected chi connectivity index (χ0v) is 12.5. The maximum Gasteiger partial charge on any atom is 0.323 e. The van der Waals surface area contributed by atoms with Crippen LogP contribution in [0.15, 0.2) is 29.2 Å². The zero-order valence-electron chi connectivity index (χ0n) is 10.8. The molecule has 4 nitrogen and oxygen atoms in total. The standard InChI is InChI=1S/C14H13NO3S2/c1-2-9-3-5-10(6-4-9)7-11-13(18)15(8-12(16)17)14(19)20-11/h3-7H,2,8H2,1H3,(H,16,17)/b11-7+. The summed E-state index contributed by atoms with van der Waals surface area (Å²) >= 11 is 6.17. The third-order valence-corrected chi connectivity index (χ3v) is 4.23. The lowest BCUT2D eigenvalue weighted by atomic mass is 10.1. The van der Waals surface area contributed by atoms with Gasteiger partial charge in [-0.2, -0.15) is 0 Å². The molecule has 0 bridgehead atoms. The van der Waals surface area contributed by atoms with Gasteiger partial charge in [0.2, 0.25) is 0 Å². The predicted octanol–water partition coefficient (Wildman–Crippen LogP) is 2.53. The molecule has 0 spiro atoms. The average molecular weight is 307 g/mol. The quantitative estimate of drug-likeness (QED) is 0.684. The van der Waals surface area contributed by atoms with Crippen LogP contribution in [0.25, 0.3) is 6.08 Å². The molecular weight excluding hydrogens is 294 g/mol. The number of thiocarbonyl (C=S) groups is 1. The molecule has 1 N–H and O–H groups in total. The van der Waals surface area contributed by atoms with E-state index in [4.69, 9.17) is 17.3 Å². The second-order valence-electron chi connectivity index (χ2n) is 4.26. The van der Waals surface area contributed by atoms with Crippen LogP contribution in [-0.4, -0.2) is 32.7 Å². The van der Waals surface area contributed by atoms with Crippen molar-refractivity contribution in [3.8, 4) is 0 Å². The second kappa shape index (κ2) is 6.19. The summed E-state index contributed by atoms with van der Waals surface area (Å²) in [5, 5.41) is 8.76. The van der Waals surface area contributed by atoms with Crippen LogP contribution in [0.2, 0.25) is 0 Å². The number of aliphatic carboxylic acids is 1. The Kier molecular flexibility index (Phi) is 4.57. The molecule has 0 atom stereocenters. The lowest BCUT2D eigenvalue weighted by Crippen LogP contribution is -2.33. The summed E-state index contributed by atoms with van der Waals surface area (Å²) in [7, 11) is 0. The van der Waals surface area contributed by atoms with Gasteiger partial charge in [-0.15, -0.1) is 0 Å². The summed E-state index contributed by atoms with van der Waals surface area (Å²) in [4.78, 5) is 24.3. The van der Waals surface area contributed by atoms with E-state index < -0.39 is 12.5 Å². The van der Waals surface area contributed by atoms with E-state index in [1.165, 1.54) is 5.56 Å². The minimum atomic E-state index is -1.07. The molecule has 1 amide bonds. The fourth-order valence-corrected chi connectivity index (χ4v) is 3.03. The second-order valence-corrected chi connectivity index (χ2v) is 5.93. The van der Waals surface area contributed by atoms with Gasteiger partial charge in [0.25, 0.3) is 5.91 Å². The van der Waals surface area contributed by atoms with Crippen molar-refractivity contribution in [2.75, 3.05) is 6.54 Å². The van der Waals surface area contributed by atoms with Crippen LogP contribution in [0.1, 0.15) is 18.1 Å². The highest BCUT2D eigenvalue weighted by atomic mass is 32.2. The van der Waals surface area contributed by atoms with Crippen LogP contribution in [0, 0.1) is 0 Å². The molecule has 104 valence electrons. The molecule has 1 aliphatic heterocycles. The molecule has 1 saturated heterocycles. The lowest BCUT2D eigenvalue weighted by molar-refractivity contribution is -0.140. The van der Waals surface area contributed by atoms with Gasteiger partial charge in [0.1, 0.15) is 10.9 Å². The number of carbonyl (C=O) groups excluding carboxylic acids is 1. The van der Waals surface area contributed by atoms with Crippen LogP contribution >= 0.6 is 24.0 Å². The molecule has 0 radical (unpaired) electrons. The van der Waals surface area contributed by atoms with E-state index in [1.54, 1.807) is 6.08 Å². The summed E-state index contributed by atoms with van der Waals surface area (Å²) < 4.78 is 0.286. The molecule has 1 heterocycles. The first-order valence-electron chi connectivity index (χ1n) is 6.07. The fourth-order valence-electron chi connectivity index (χ4n) is 1.77. The Bertz CT molecular complexity index is 593. The molecule has 2 rings (SSSR count). The van der Waals surface area contributed by atoms with Gasteiger partial charge in [-0.05, 0) is 23.6 Å². The lowest BCUT2D eigenvalue weighted by Gasteiger charge is -2.10. The summed E-state index contributed by atoms with van der Waals surface area (Å²) in [5.41, 5.74) is 2.12. The molecule has 0 aromatic heterocycles. The van der Waals surface area contributed by atoms with Crippen molar-refractivity contribution < 1.29 is 14.7 Å². The molecule has 1 aliphatic rings. The number of hydrogen-bond acceptors (Lipinski definition) is 4. The Hall–Kier alpha value is -1.66. The SMILES string of the molecule is CCc1ccc(/C=C2/SC(=S)N(CC(=O)O)C2=O)cc1. The van der Waals surface area contributed by atoms with E-state index in [1.807, 2.05) is 24.3 Å². The molecule has 1 fully saturated rings. The Morgan fingerprint density at radius 3 is 2.60 bits per heavy atom. The third-order valence-electron chi connectivity index (χ3n) is 2.85. The minimum Gasteiger partial charge on any atom is -0.480 e. The highest BCUT2D eigenvalue weighted by Gasteiger charge is 2.33. The Labute approximate surface area is 126 Å². The molecule has 1 aromatic carbocycles. The van der Waals surface area contributed by atoms with Crippen LogP contribution in [0.4, 0.5) is 0 Å². The maximum absolute atomic E-state index is 12.1. The Morgan fingerprint density at radius 1 is 1.40 bits per heavy atom. The maximum atomic E-state index is 12.1. The summed E-state index contributed by atoms with van der Waals surface area (Å²) in [6, 6.07) is 7.87. The van der Waals surface area contributed by atoms with E-state index in [0.717, 1.165) is 28.6 Å². The molecule has 1 aromatic rings. The van der Waals surface area contributed by atoms with Gasteiger partial charge in [-0.1, -0.05) is 55.2 Å². The van der Waals surface area contributed by atoms with Gasteiger partial charge in [0.05, 0.1) is 4.91 Å². The number of carbonyl (C=O) groups is 2. The van der Waals surface area contributed by atoms with Crippen molar-refractivity contribution in [1.82, 2.24) is 4.90 Å². The van der Waals surface area contributed by atoms with Gasteiger partial charge in [0, 0.05) is 0 Å². The Balaban J connectivity index is 2.20. The smallest absolute Gasteiger partial charge is 0.323 e. The largest absolute Gasteiger partial charge is 0.480 e. The van der Waals surface area contributed by atoms with E-state index in [2.05, 4.69) is 6.92 Å². The average Bonchev–Trinajstić information content (AvgIpc) is 2.67. The topological polar surface area (TPSA) is 57.6 Å². The van der Waals surface area contributed by atoms with E-state index in [0.29, 0.717) is 4.91 Å². The van der Waals surface area contributed by atoms with Crippen LogP contribution in [0.5, 0.6) is 0 Å². The molecular formula is C14H13NO3S2. The van der Waals surface area contributed by atoms with Crippen molar-refractivity contribution in [1.29, 1.82) is 0 Å². The number of benzene rings is 1. The van der Waals surface area contributed by atoms with Gasteiger partial charge in [0.15, 0.2) is 0 Å². The van der Waals surface area contributed by atoms with Gasteiger partial charge >= 0.3 is 5.97 Å². The number of aryl methyl sites for hydroxylation is 1. The summed E-state index contributed by atoms with van der Waals surface area (Å²) in [6.45, 7) is 1.68. The van der Waals surface area contributed by atoms with Gasteiger partial charge in [-0.25, -0.2) is 0 Å². The van der Waals surface area contributed by atoms with E-state index >= 15 is 0 Å². The van der Waals surface area contributed by atoms with Gasteiger partial charge < -0.3 is 5.11 Å². The van der Waals surface area contributed by atoms with Crippen molar-refractivity contribution in [2.24, 2.45) is 0 Å². The molecule has 0 aliphatic carbocycles. The summed E-state index contributed by atoms with van der Waals surface area (Å²) in [6.07, 6.45) is 2.70. The van der Waals surface area contributed by atoms with Gasteiger partial charge in [-0.3, -0.25) is 14.5 Å². The zero-order chi connectivity index (χ0) is 14.7. The number of nitrogens with zero attached hydrogens (tertiary/aromatic N) is 1. The minimum absolute atomic E-state index is 0.286. The number of carboxylic acid groups (broad SMARTS) is 1. The first kappa shape index (κ1) is 14.7. The molecule has 6 heteroatoms. The van der Waals surface area contributed by atoms with Crippen LogP contribution < -0.4 is 0 Å². The third kappa shape index (κ3) is 3.26. The highest BCUT2D eigenvalue weighted by Crippen LogP contribution is 2.32. The van der Waals surface area contributed by atoms with Crippen molar-refractivity contribution in [3.63, 3.8) is 0 Å². The fraction of sp³-hybridized carbons (Fsp3) is 0.214. The number of hydrogen-bond donors (Lipinski definition) is 1. The normalized spacial score (nSPS) is 17.1. The van der Waals surface area contributed by atoms with Crippen LogP contribution in [0.3, 0.4) is 0 Å². The monoisotopic (exact) mass is 307 g/mol. The van der Waals surface area contributed by atoms with E-state index in [-0.39, 0.29) is 10.2 Å². The Morgan fingerprint density at radius 2 is 2.05 bits per heavy atom. The number of thioether (sulfide) groups is 1. The number of rotatable bonds is 4. The molecule has 20 heavy (non-hydrogen) atoms. The van der Waals surface area contributed by atoms with E-state index in [9.17, 15) is 9.59 Å². The van der Waals surface area contributed by atoms with Crippen molar-refractivity contribution in [3.05, 3.63) is 40.3 Å². The first-order chi connectivity index (χ1) is 9.51. The number of carboxylic acids is 1. The van der Waals surface area contributed by atoms with Crippen LogP contribution in [-0.2, 0) is 16.0 Å². The molecule has 0 saturated carbocycles. The summed E-state index contributed by atoms with van der Waals surface area (Å²) in [5.74, 6) is -1.42. The predicted molar refractivity (Wildman–Crippen MR) is 83.3 cm³/mol. The highest BCUT2D eigenvalue weighted by molar-refractivity contribution is 8.26. The first-order valence-corrected chi connectivity index (χ1v) is 7.30. The van der Waals surface area contributed by atoms with Crippen molar-refractivity contribution in [2.45, 2.75) is 13.3 Å².